The second kappa shape index (κ2) is 3.91. The minimum Gasteiger partial charge on any atom is -0.387 e. The van der Waals surface area contributed by atoms with Gasteiger partial charge >= 0.3 is 0 Å². The maximum Gasteiger partial charge on any atom is 0.134 e. The molecule has 0 aliphatic carbocycles. The molecule has 0 aromatic heterocycles. The average Bonchev–Trinajstić information content (AvgIpc) is 1.59. The number of aliphatic hydroxyl groups is 1. The van der Waals surface area contributed by atoms with Crippen LogP contribution < -0.4 is 0 Å². The standard InChI is InChI=1S/C7H18NO2/c1-5-10-8(3,4)6-7(2)9/h7,9H,5-6H2,1-4H3/q+1. The first-order valence-electron chi connectivity index (χ1n) is 3.63. The zero-order valence-electron chi connectivity index (χ0n) is 7.29. The molecule has 62 valence electrons. The molecule has 1 N–H and O–H groups in total. The number of hydrogen-bond acceptors (Lipinski definition) is 2. The summed E-state index contributed by atoms with van der Waals surface area (Å²) in [7, 11) is 3.85. The van der Waals surface area contributed by atoms with E-state index in [4.69, 9.17) is 9.94 Å². The van der Waals surface area contributed by atoms with Crippen molar-refractivity contribution in [3.8, 4) is 0 Å². The van der Waals surface area contributed by atoms with Crippen LogP contribution in [0.1, 0.15) is 13.8 Å². The Kier molecular flexibility index (Phi) is 3.86. The van der Waals surface area contributed by atoms with E-state index in [2.05, 4.69) is 0 Å². The van der Waals surface area contributed by atoms with Gasteiger partial charge in [-0.2, -0.15) is 4.65 Å². The lowest BCUT2D eigenvalue weighted by Crippen LogP contribution is -2.44. The second-order valence-corrected chi connectivity index (χ2v) is 3.02. The highest BCUT2D eigenvalue weighted by molar-refractivity contribution is 4.38. The quantitative estimate of drug-likeness (QED) is 0.462. The fourth-order valence-corrected chi connectivity index (χ4v) is 1.04. The van der Waals surface area contributed by atoms with E-state index in [1.165, 1.54) is 0 Å². The highest BCUT2D eigenvalue weighted by Gasteiger charge is 2.18. The minimum absolute atomic E-state index is 0.304. The van der Waals surface area contributed by atoms with Crippen LogP contribution in [0.15, 0.2) is 0 Å². The molecule has 0 amide bonds. The van der Waals surface area contributed by atoms with Gasteiger partial charge in [0.15, 0.2) is 0 Å². The molecule has 0 aromatic rings. The third kappa shape index (κ3) is 4.73. The lowest BCUT2D eigenvalue weighted by atomic mass is 10.4. The summed E-state index contributed by atoms with van der Waals surface area (Å²) in [4.78, 5) is 5.32. The zero-order chi connectivity index (χ0) is 8.20. The Morgan fingerprint density at radius 2 is 2.00 bits per heavy atom. The molecule has 0 aromatic carbocycles. The number of aliphatic hydroxyl groups excluding tert-OH is 1. The molecule has 0 fully saturated rings. The van der Waals surface area contributed by atoms with Crippen molar-refractivity contribution in [3.63, 3.8) is 0 Å². The van der Waals surface area contributed by atoms with Crippen LogP contribution in [0.4, 0.5) is 0 Å². The summed E-state index contributed by atoms with van der Waals surface area (Å²) in [5.41, 5.74) is 0. The first-order chi connectivity index (χ1) is 4.48. The van der Waals surface area contributed by atoms with Crippen LogP contribution in [0.5, 0.6) is 0 Å². The van der Waals surface area contributed by atoms with E-state index in [9.17, 15) is 0 Å². The van der Waals surface area contributed by atoms with E-state index in [1.807, 2.05) is 21.0 Å². The Morgan fingerprint density at radius 3 is 2.30 bits per heavy atom. The number of nitrogens with zero attached hydrogens (tertiary/aromatic N) is 1. The van der Waals surface area contributed by atoms with Crippen molar-refractivity contribution >= 4 is 0 Å². The largest absolute Gasteiger partial charge is 0.387 e. The second-order valence-electron chi connectivity index (χ2n) is 3.02. The summed E-state index contributed by atoms with van der Waals surface area (Å²) in [6.07, 6.45) is -0.304. The smallest absolute Gasteiger partial charge is 0.134 e. The normalized spacial score (nSPS) is 15.3. The summed E-state index contributed by atoms with van der Waals surface area (Å²) < 4.78 is 0.425. The summed E-state index contributed by atoms with van der Waals surface area (Å²) in [6.45, 7) is 5.02. The molecule has 0 heterocycles. The van der Waals surface area contributed by atoms with Gasteiger partial charge in [0, 0.05) is 0 Å². The molecule has 1 unspecified atom stereocenters. The van der Waals surface area contributed by atoms with Crippen molar-refractivity contribution in [1.29, 1.82) is 0 Å². The van der Waals surface area contributed by atoms with Crippen LogP contribution in [0.2, 0.25) is 0 Å². The molecule has 3 heteroatoms. The van der Waals surface area contributed by atoms with Crippen LogP contribution in [-0.4, -0.2) is 43.1 Å². The Hall–Kier alpha value is -0.120. The first-order valence-corrected chi connectivity index (χ1v) is 3.63. The Morgan fingerprint density at radius 1 is 1.50 bits per heavy atom. The molecule has 0 aliphatic rings. The summed E-state index contributed by atoms with van der Waals surface area (Å²) >= 11 is 0. The summed E-state index contributed by atoms with van der Waals surface area (Å²) in [5.74, 6) is 0. The minimum atomic E-state index is -0.304. The van der Waals surface area contributed by atoms with Gasteiger partial charge in [-0.25, -0.2) is 4.84 Å². The van der Waals surface area contributed by atoms with Crippen LogP contribution in [0, 0.1) is 0 Å². The molecule has 0 radical (unpaired) electrons. The van der Waals surface area contributed by atoms with Crippen molar-refractivity contribution in [2.45, 2.75) is 20.0 Å². The summed E-state index contributed by atoms with van der Waals surface area (Å²) in [6, 6.07) is 0. The molecular weight excluding hydrogens is 130 g/mol. The third-order valence-corrected chi connectivity index (χ3v) is 1.18. The monoisotopic (exact) mass is 148 g/mol. The van der Waals surface area contributed by atoms with Gasteiger partial charge in [0.1, 0.15) is 19.3 Å². The average molecular weight is 148 g/mol. The van der Waals surface area contributed by atoms with E-state index in [-0.39, 0.29) is 6.10 Å². The van der Waals surface area contributed by atoms with E-state index in [1.54, 1.807) is 6.92 Å². The molecule has 0 aliphatic heterocycles. The first kappa shape index (κ1) is 9.88. The maximum absolute atomic E-state index is 9.02. The number of hydroxylamine groups is 3. The molecule has 0 bridgehead atoms. The van der Waals surface area contributed by atoms with Crippen LogP contribution in [0.3, 0.4) is 0 Å². The van der Waals surface area contributed by atoms with Crippen molar-refractivity contribution in [2.24, 2.45) is 0 Å². The van der Waals surface area contributed by atoms with Gasteiger partial charge in [-0.05, 0) is 13.8 Å². The molecular formula is C7H18NO2+. The van der Waals surface area contributed by atoms with Crippen molar-refractivity contribution in [3.05, 3.63) is 0 Å². The molecule has 0 saturated heterocycles. The van der Waals surface area contributed by atoms with Crippen LogP contribution >= 0.6 is 0 Å². The molecule has 0 saturated carbocycles. The van der Waals surface area contributed by atoms with Gasteiger partial charge in [0.25, 0.3) is 0 Å². The van der Waals surface area contributed by atoms with E-state index in [0.717, 1.165) is 0 Å². The van der Waals surface area contributed by atoms with Gasteiger partial charge in [-0.1, -0.05) is 0 Å². The fourth-order valence-electron chi connectivity index (χ4n) is 1.04. The Balaban J connectivity index is 3.63. The number of quaternary nitrogens is 1. The topological polar surface area (TPSA) is 29.5 Å². The molecule has 0 rings (SSSR count). The maximum atomic E-state index is 9.02. The third-order valence-electron chi connectivity index (χ3n) is 1.18. The van der Waals surface area contributed by atoms with Gasteiger partial charge < -0.3 is 5.11 Å². The zero-order valence-corrected chi connectivity index (χ0v) is 7.29. The van der Waals surface area contributed by atoms with E-state index < -0.39 is 0 Å². The van der Waals surface area contributed by atoms with Crippen molar-refractivity contribution in [2.75, 3.05) is 27.2 Å². The Bertz CT molecular complexity index is 91.6. The van der Waals surface area contributed by atoms with Gasteiger partial charge in [0.2, 0.25) is 0 Å². The molecule has 0 spiro atoms. The Labute approximate surface area is 62.8 Å². The van der Waals surface area contributed by atoms with Gasteiger partial charge in [-0.3, -0.25) is 0 Å². The number of likely N-dealkylation sites (N-methyl/N-ethyl adjacent to an activating group) is 1. The predicted octanol–water partition coefficient (Wildman–Crippen LogP) is 0.395. The van der Waals surface area contributed by atoms with Crippen molar-refractivity contribution < 1.29 is 14.6 Å². The molecule has 3 nitrogen and oxygen atoms in total. The molecule has 10 heavy (non-hydrogen) atoms. The SMILES string of the molecule is CCO[N+](C)(C)CC(C)O. The van der Waals surface area contributed by atoms with Crippen molar-refractivity contribution in [1.82, 2.24) is 0 Å². The fraction of sp³-hybridized carbons (Fsp3) is 1.00. The van der Waals surface area contributed by atoms with Gasteiger partial charge in [-0.15, -0.1) is 0 Å². The van der Waals surface area contributed by atoms with E-state index >= 15 is 0 Å². The van der Waals surface area contributed by atoms with Crippen LogP contribution in [0.25, 0.3) is 0 Å². The lowest BCUT2D eigenvalue weighted by Gasteiger charge is -2.27. The van der Waals surface area contributed by atoms with Crippen LogP contribution in [-0.2, 0) is 4.84 Å². The van der Waals surface area contributed by atoms with Gasteiger partial charge in [0.05, 0.1) is 14.1 Å². The lowest BCUT2D eigenvalue weighted by molar-refractivity contribution is -1.08. The summed E-state index contributed by atoms with van der Waals surface area (Å²) in [5, 5.41) is 9.02. The number of rotatable bonds is 4. The highest BCUT2D eigenvalue weighted by Crippen LogP contribution is 2.00. The highest BCUT2D eigenvalue weighted by atomic mass is 16.7. The molecule has 1 atom stereocenters. The number of hydrogen-bond donors (Lipinski definition) is 1. The predicted molar refractivity (Wildman–Crippen MR) is 40.3 cm³/mol. The van der Waals surface area contributed by atoms with E-state index in [0.29, 0.717) is 17.8 Å².